The second-order valence-electron chi connectivity index (χ2n) is 9.00. The number of amides is 3. The third-order valence-electron chi connectivity index (χ3n) is 6.88. The summed E-state index contributed by atoms with van der Waals surface area (Å²) in [4.78, 5) is 40.9. The van der Waals surface area contributed by atoms with Crippen LogP contribution in [0.5, 0.6) is 0 Å². The molecule has 1 aromatic rings. The van der Waals surface area contributed by atoms with Gasteiger partial charge in [-0.2, -0.15) is 4.31 Å². The van der Waals surface area contributed by atoms with Crippen LogP contribution in [0.4, 0.5) is 0 Å². The van der Waals surface area contributed by atoms with Gasteiger partial charge in [-0.1, -0.05) is 30.5 Å². The van der Waals surface area contributed by atoms with E-state index in [0.29, 0.717) is 5.56 Å². The smallest absolute Gasteiger partial charge is 0.243 e. The number of likely N-dealkylation sites (tertiary alicyclic amines) is 1. The molecule has 0 aromatic heterocycles. The molecule has 3 aliphatic rings. The average molecular weight is 448 g/mol. The number of piperazine rings is 1. The number of imide groups is 1. The second kappa shape index (κ2) is 8.02. The number of hydrogen-bond acceptors (Lipinski definition) is 5. The Kier molecular flexibility index (Phi) is 5.68. The lowest BCUT2D eigenvalue weighted by molar-refractivity contribution is -0.147. The van der Waals surface area contributed by atoms with Crippen molar-refractivity contribution >= 4 is 27.7 Å². The van der Waals surface area contributed by atoms with Gasteiger partial charge in [0.1, 0.15) is 6.54 Å². The van der Waals surface area contributed by atoms with Gasteiger partial charge < -0.3 is 4.90 Å². The third kappa shape index (κ3) is 3.89. The summed E-state index contributed by atoms with van der Waals surface area (Å²) in [5.41, 5.74) is 1.11. The van der Waals surface area contributed by atoms with E-state index in [1.165, 1.54) is 4.31 Å². The molecule has 0 atom stereocenters. The van der Waals surface area contributed by atoms with Crippen LogP contribution in [-0.2, 0) is 24.4 Å². The molecule has 4 rings (SSSR count). The molecule has 3 fully saturated rings. The molecule has 2 aliphatic heterocycles. The number of carbonyl (C=O) groups excluding carboxylic acids is 3. The first-order valence-corrected chi connectivity index (χ1v) is 12.3. The number of sulfonamides is 1. The molecule has 0 bridgehead atoms. The van der Waals surface area contributed by atoms with Crippen molar-refractivity contribution in [1.29, 1.82) is 0 Å². The average Bonchev–Trinajstić information content (AvgIpc) is 3.28. The quantitative estimate of drug-likeness (QED) is 0.651. The van der Waals surface area contributed by atoms with Gasteiger partial charge in [0.2, 0.25) is 27.7 Å². The summed E-state index contributed by atoms with van der Waals surface area (Å²) >= 11 is 0. The Morgan fingerprint density at radius 1 is 1.03 bits per heavy atom. The van der Waals surface area contributed by atoms with Gasteiger partial charge in [-0.05, 0) is 38.3 Å². The molecule has 0 radical (unpaired) electrons. The largest absolute Gasteiger partial charge is 0.338 e. The topological polar surface area (TPSA) is 95.1 Å². The van der Waals surface area contributed by atoms with Gasteiger partial charge in [0.25, 0.3) is 0 Å². The summed E-state index contributed by atoms with van der Waals surface area (Å²) in [5, 5.41) is 0. The fraction of sp³-hybridized carbons (Fsp3) is 0.591. The van der Waals surface area contributed by atoms with Crippen LogP contribution >= 0.6 is 0 Å². The van der Waals surface area contributed by atoms with Gasteiger partial charge in [0.15, 0.2) is 0 Å². The van der Waals surface area contributed by atoms with Crippen molar-refractivity contribution in [1.82, 2.24) is 14.1 Å². The molecule has 31 heavy (non-hydrogen) atoms. The van der Waals surface area contributed by atoms with Crippen LogP contribution in [-0.4, -0.2) is 73.0 Å². The van der Waals surface area contributed by atoms with Gasteiger partial charge >= 0.3 is 0 Å². The van der Waals surface area contributed by atoms with E-state index < -0.39 is 15.4 Å². The zero-order valence-corrected chi connectivity index (χ0v) is 18.9. The number of aryl methyl sites for hydroxylation is 2. The van der Waals surface area contributed by atoms with Crippen molar-refractivity contribution in [2.24, 2.45) is 5.41 Å². The van der Waals surface area contributed by atoms with Crippen LogP contribution in [0.3, 0.4) is 0 Å². The highest BCUT2D eigenvalue weighted by atomic mass is 32.2. The standard InChI is InChI=1S/C22H29N3O5S/c1-16-5-6-18(17(2)13-16)31(29,30)24-11-9-23(10-12-24)20(27)15-25-19(26)14-22(21(25)28)7-3-4-8-22/h5-6,13H,3-4,7-12,14-15H2,1-2H3. The summed E-state index contributed by atoms with van der Waals surface area (Å²) < 4.78 is 27.5. The molecule has 1 saturated carbocycles. The summed E-state index contributed by atoms with van der Waals surface area (Å²) in [6.07, 6.45) is 3.53. The van der Waals surface area contributed by atoms with Crippen LogP contribution in [0.1, 0.15) is 43.2 Å². The molecule has 2 heterocycles. The van der Waals surface area contributed by atoms with Gasteiger partial charge in [-0.15, -0.1) is 0 Å². The summed E-state index contributed by atoms with van der Waals surface area (Å²) in [6, 6.07) is 5.25. The molecule has 0 unspecified atom stereocenters. The van der Waals surface area contributed by atoms with E-state index in [2.05, 4.69) is 0 Å². The minimum Gasteiger partial charge on any atom is -0.338 e. The van der Waals surface area contributed by atoms with Gasteiger partial charge in [-0.3, -0.25) is 19.3 Å². The van der Waals surface area contributed by atoms with Gasteiger partial charge in [0.05, 0.1) is 10.3 Å². The Bertz CT molecular complexity index is 1020. The molecule has 0 N–H and O–H groups in total. The van der Waals surface area contributed by atoms with Gasteiger partial charge in [0, 0.05) is 32.6 Å². The highest BCUT2D eigenvalue weighted by molar-refractivity contribution is 7.89. The fourth-order valence-electron chi connectivity index (χ4n) is 5.10. The zero-order valence-electron chi connectivity index (χ0n) is 18.1. The van der Waals surface area contributed by atoms with Crippen LogP contribution in [0.15, 0.2) is 23.1 Å². The Morgan fingerprint density at radius 2 is 1.68 bits per heavy atom. The normalized spacial score (nSPS) is 22.0. The predicted octanol–water partition coefficient (Wildman–Crippen LogP) is 1.46. The molecule has 168 valence electrons. The highest BCUT2D eigenvalue weighted by Crippen LogP contribution is 2.46. The second-order valence-corrected chi connectivity index (χ2v) is 10.9. The number of rotatable bonds is 4. The molecule has 9 heteroatoms. The molecule has 2 saturated heterocycles. The van der Waals surface area contributed by atoms with Crippen molar-refractivity contribution in [3.05, 3.63) is 29.3 Å². The Balaban J connectivity index is 1.38. The maximum atomic E-state index is 13.0. The lowest BCUT2D eigenvalue weighted by Gasteiger charge is -2.35. The predicted molar refractivity (Wildman–Crippen MR) is 113 cm³/mol. The molecule has 1 aliphatic carbocycles. The summed E-state index contributed by atoms with van der Waals surface area (Å²) in [7, 11) is -3.64. The van der Waals surface area contributed by atoms with E-state index in [0.717, 1.165) is 36.1 Å². The van der Waals surface area contributed by atoms with Crippen molar-refractivity contribution < 1.29 is 22.8 Å². The van der Waals surface area contributed by atoms with Crippen molar-refractivity contribution in [2.75, 3.05) is 32.7 Å². The maximum Gasteiger partial charge on any atom is 0.243 e. The van der Waals surface area contributed by atoms with Gasteiger partial charge in [-0.25, -0.2) is 8.42 Å². The van der Waals surface area contributed by atoms with E-state index in [9.17, 15) is 22.8 Å². The third-order valence-corrected chi connectivity index (χ3v) is 8.94. The Morgan fingerprint density at radius 3 is 2.29 bits per heavy atom. The molecule has 1 spiro atoms. The molecule has 8 nitrogen and oxygen atoms in total. The first-order valence-electron chi connectivity index (χ1n) is 10.8. The lowest BCUT2D eigenvalue weighted by Crippen LogP contribution is -2.53. The summed E-state index contributed by atoms with van der Waals surface area (Å²) in [5.74, 6) is -0.781. The fourth-order valence-corrected chi connectivity index (χ4v) is 6.73. The monoisotopic (exact) mass is 447 g/mol. The van der Waals surface area contributed by atoms with Crippen LogP contribution in [0.2, 0.25) is 0 Å². The van der Waals surface area contributed by atoms with Crippen LogP contribution in [0.25, 0.3) is 0 Å². The number of nitrogens with zero attached hydrogens (tertiary/aromatic N) is 3. The molecule has 1 aromatic carbocycles. The first-order chi connectivity index (χ1) is 14.6. The van der Waals surface area contributed by atoms with Crippen LogP contribution in [0, 0.1) is 19.3 Å². The minimum atomic E-state index is -3.64. The van der Waals surface area contributed by atoms with E-state index in [-0.39, 0.29) is 61.8 Å². The SMILES string of the molecule is Cc1ccc(S(=O)(=O)N2CCN(C(=O)CN3C(=O)CC4(CCCC4)C3=O)CC2)c(C)c1. The van der Waals surface area contributed by atoms with E-state index in [1.807, 2.05) is 13.0 Å². The summed E-state index contributed by atoms with van der Waals surface area (Å²) in [6.45, 7) is 4.30. The van der Waals surface area contributed by atoms with Crippen molar-refractivity contribution in [3.8, 4) is 0 Å². The Hall–Kier alpha value is -2.26. The zero-order chi connectivity index (χ0) is 22.4. The van der Waals surface area contributed by atoms with Crippen molar-refractivity contribution in [3.63, 3.8) is 0 Å². The first kappa shape index (κ1) is 22.0. The van der Waals surface area contributed by atoms with Crippen LogP contribution < -0.4 is 0 Å². The maximum absolute atomic E-state index is 13.0. The number of carbonyl (C=O) groups is 3. The van der Waals surface area contributed by atoms with E-state index in [1.54, 1.807) is 24.0 Å². The Labute approximate surface area is 183 Å². The minimum absolute atomic E-state index is 0.188. The van der Waals surface area contributed by atoms with E-state index >= 15 is 0 Å². The molecule has 3 amide bonds. The molecular weight excluding hydrogens is 418 g/mol. The lowest BCUT2D eigenvalue weighted by atomic mass is 9.84. The molecular formula is C22H29N3O5S. The number of benzene rings is 1. The number of hydrogen-bond donors (Lipinski definition) is 0. The van der Waals surface area contributed by atoms with Crippen molar-refractivity contribution in [2.45, 2.75) is 50.8 Å². The highest BCUT2D eigenvalue weighted by Gasteiger charge is 2.53. The van der Waals surface area contributed by atoms with E-state index in [4.69, 9.17) is 0 Å².